The van der Waals surface area contributed by atoms with E-state index in [1.165, 1.54) is 0 Å². The minimum Gasteiger partial charge on any atom is -0.207 e. The average molecular weight is 316 g/mol. The number of sulfonamides is 1. The summed E-state index contributed by atoms with van der Waals surface area (Å²) in [5.74, 6) is 0.733. The molecule has 3 nitrogen and oxygen atoms in total. The molecule has 20 heavy (non-hydrogen) atoms. The first kappa shape index (κ1) is 15.8. The Labute approximate surface area is 127 Å². The largest absolute Gasteiger partial charge is 0.243 e. The molecule has 0 bridgehead atoms. The van der Waals surface area contributed by atoms with Gasteiger partial charge >= 0.3 is 0 Å². The number of piperidine rings is 1. The van der Waals surface area contributed by atoms with Crippen molar-refractivity contribution in [2.75, 3.05) is 6.54 Å². The summed E-state index contributed by atoms with van der Waals surface area (Å²) < 4.78 is 27.5. The van der Waals surface area contributed by atoms with Crippen LogP contribution in [0.4, 0.5) is 0 Å². The number of benzene rings is 1. The van der Waals surface area contributed by atoms with Gasteiger partial charge in [-0.3, -0.25) is 0 Å². The summed E-state index contributed by atoms with van der Waals surface area (Å²) >= 11 is 5.88. The highest BCUT2D eigenvalue weighted by Gasteiger charge is 2.35. The monoisotopic (exact) mass is 315 g/mol. The van der Waals surface area contributed by atoms with Crippen molar-refractivity contribution in [2.24, 2.45) is 5.92 Å². The zero-order valence-electron chi connectivity index (χ0n) is 12.3. The van der Waals surface area contributed by atoms with Crippen LogP contribution < -0.4 is 0 Å². The van der Waals surface area contributed by atoms with Gasteiger partial charge in [-0.2, -0.15) is 4.31 Å². The van der Waals surface area contributed by atoms with Crippen LogP contribution >= 0.6 is 11.6 Å². The highest BCUT2D eigenvalue weighted by Crippen LogP contribution is 2.31. The number of hydrogen-bond acceptors (Lipinski definition) is 2. The third-order valence-corrected chi connectivity index (χ3v) is 6.86. The number of rotatable bonds is 3. The molecule has 1 saturated heterocycles. The van der Waals surface area contributed by atoms with Gasteiger partial charge in [-0.15, -0.1) is 11.6 Å². The maximum Gasteiger partial charge on any atom is 0.243 e. The summed E-state index contributed by atoms with van der Waals surface area (Å²) in [5.41, 5.74) is 1.65. The van der Waals surface area contributed by atoms with Crippen molar-refractivity contribution in [3.8, 4) is 0 Å². The van der Waals surface area contributed by atoms with Gasteiger partial charge in [-0.1, -0.05) is 19.1 Å². The molecule has 112 valence electrons. The molecule has 0 aliphatic carbocycles. The molecule has 1 aliphatic rings. The molecular formula is C15H22ClNO2S. The zero-order valence-corrected chi connectivity index (χ0v) is 13.8. The van der Waals surface area contributed by atoms with Gasteiger partial charge in [0.25, 0.3) is 0 Å². The van der Waals surface area contributed by atoms with E-state index in [1.54, 1.807) is 16.4 Å². The van der Waals surface area contributed by atoms with Crippen LogP contribution in [0.1, 0.15) is 37.8 Å². The van der Waals surface area contributed by atoms with Crippen molar-refractivity contribution in [3.05, 3.63) is 29.3 Å². The van der Waals surface area contributed by atoms with E-state index in [1.807, 2.05) is 19.9 Å². The highest BCUT2D eigenvalue weighted by molar-refractivity contribution is 7.89. The van der Waals surface area contributed by atoms with Crippen molar-refractivity contribution in [1.82, 2.24) is 4.31 Å². The van der Waals surface area contributed by atoms with Gasteiger partial charge < -0.3 is 0 Å². The van der Waals surface area contributed by atoms with Crippen LogP contribution in [0.15, 0.2) is 23.1 Å². The van der Waals surface area contributed by atoms with Crippen LogP contribution in [0.3, 0.4) is 0 Å². The Morgan fingerprint density at radius 1 is 1.35 bits per heavy atom. The minimum atomic E-state index is -3.43. The van der Waals surface area contributed by atoms with Gasteiger partial charge in [0.2, 0.25) is 10.0 Å². The Kier molecular flexibility index (Phi) is 4.77. The fourth-order valence-electron chi connectivity index (χ4n) is 2.85. The lowest BCUT2D eigenvalue weighted by molar-refractivity contribution is 0.202. The van der Waals surface area contributed by atoms with E-state index in [0.717, 1.165) is 24.0 Å². The molecule has 1 fully saturated rings. The fourth-order valence-corrected chi connectivity index (χ4v) is 5.17. The third-order valence-electron chi connectivity index (χ3n) is 4.44. The second kappa shape index (κ2) is 6.04. The van der Waals surface area contributed by atoms with Crippen LogP contribution in [-0.4, -0.2) is 25.3 Å². The summed E-state index contributed by atoms with van der Waals surface area (Å²) in [6.45, 7) is 6.57. The molecular weight excluding hydrogens is 294 g/mol. The van der Waals surface area contributed by atoms with Crippen LogP contribution in [0.25, 0.3) is 0 Å². The Hall–Kier alpha value is -0.580. The number of alkyl halides is 1. The first-order valence-electron chi connectivity index (χ1n) is 7.06. The molecule has 0 radical (unpaired) electrons. The molecule has 0 saturated carbocycles. The maximum atomic E-state index is 12.9. The summed E-state index contributed by atoms with van der Waals surface area (Å²) in [6, 6.07) is 5.39. The quantitative estimate of drug-likeness (QED) is 0.800. The second-order valence-electron chi connectivity index (χ2n) is 5.65. The van der Waals surface area contributed by atoms with Gasteiger partial charge in [0.05, 0.1) is 4.90 Å². The third kappa shape index (κ3) is 2.74. The molecule has 1 heterocycles. The molecule has 2 atom stereocenters. The Bertz CT molecular complexity index is 586. The topological polar surface area (TPSA) is 37.4 Å². The minimum absolute atomic E-state index is 0.0489. The summed E-state index contributed by atoms with van der Waals surface area (Å²) in [4.78, 5) is 0.400. The van der Waals surface area contributed by atoms with Crippen LogP contribution in [-0.2, 0) is 15.9 Å². The molecule has 1 aromatic carbocycles. The van der Waals surface area contributed by atoms with Crippen molar-refractivity contribution < 1.29 is 8.42 Å². The maximum absolute atomic E-state index is 12.9. The van der Waals surface area contributed by atoms with Gasteiger partial charge in [0.15, 0.2) is 0 Å². The van der Waals surface area contributed by atoms with Crippen molar-refractivity contribution in [2.45, 2.75) is 50.4 Å². The smallest absolute Gasteiger partial charge is 0.207 e. The van der Waals surface area contributed by atoms with E-state index in [4.69, 9.17) is 11.6 Å². The normalized spacial score (nSPS) is 24.8. The van der Waals surface area contributed by atoms with E-state index >= 15 is 0 Å². The summed E-state index contributed by atoms with van der Waals surface area (Å²) in [7, 11) is -3.43. The molecule has 0 amide bonds. The second-order valence-corrected chi connectivity index (χ2v) is 7.78. The zero-order chi connectivity index (χ0) is 14.9. The predicted molar refractivity (Wildman–Crippen MR) is 82.5 cm³/mol. The molecule has 2 unspecified atom stereocenters. The predicted octanol–water partition coefficient (Wildman–Crippen LogP) is 3.54. The van der Waals surface area contributed by atoms with E-state index in [2.05, 4.69) is 6.92 Å². The van der Waals surface area contributed by atoms with E-state index in [9.17, 15) is 8.42 Å². The van der Waals surface area contributed by atoms with Crippen LogP contribution in [0, 0.1) is 12.8 Å². The highest BCUT2D eigenvalue weighted by atomic mass is 35.5. The average Bonchev–Trinajstić information content (AvgIpc) is 2.41. The lowest BCUT2D eigenvalue weighted by Crippen LogP contribution is -2.46. The Morgan fingerprint density at radius 3 is 2.70 bits per heavy atom. The van der Waals surface area contributed by atoms with Crippen LogP contribution in [0.5, 0.6) is 0 Å². The summed E-state index contributed by atoms with van der Waals surface area (Å²) in [5, 5.41) is 0. The first-order chi connectivity index (χ1) is 9.39. The lowest BCUT2D eigenvalue weighted by Gasteiger charge is -2.37. The van der Waals surface area contributed by atoms with Crippen molar-refractivity contribution in [1.29, 1.82) is 0 Å². The SMILES string of the molecule is Cc1c(CCl)cccc1S(=O)(=O)N1CCCC(C)C1C. The van der Waals surface area contributed by atoms with Gasteiger partial charge in [0.1, 0.15) is 0 Å². The lowest BCUT2D eigenvalue weighted by atomic mass is 9.94. The molecule has 0 spiro atoms. The van der Waals surface area contributed by atoms with Gasteiger partial charge in [-0.05, 0) is 49.8 Å². The molecule has 1 aliphatic heterocycles. The number of halogens is 1. The molecule has 2 rings (SSSR count). The first-order valence-corrected chi connectivity index (χ1v) is 9.03. The number of nitrogens with zero attached hydrogens (tertiary/aromatic N) is 1. The Balaban J connectivity index is 2.45. The van der Waals surface area contributed by atoms with E-state index < -0.39 is 10.0 Å². The van der Waals surface area contributed by atoms with Gasteiger partial charge in [-0.25, -0.2) is 8.42 Å². The standard InChI is InChI=1S/C15H22ClNO2S/c1-11-6-5-9-17(13(11)3)20(18,19)15-8-4-7-14(10-16)12(15)2/h4,7-8,11,13H,5-6,9-10H2,1-3H3. The van der Waals surface area contributed by atoms with Gasteiger partial charge in [0, 0.05) is 18.5 Å². The van der Waals surface area contributed by atoms with Crippen LogP contribution in [0.2, 0.25) is 0 Å². The van der Waals surface area contributed by atoms with E-state index in [0.29, 0.717) is 23.2 Å². The molecule has 5 heteroatoms. The van der Waals surface area contributed by atoms with Crippen molar-refractivity contribution >= 4 is 21.6 Å². The Morgan fingerprint density at radius 2 is 2.05 bits per heavy atom. The fraction of sp³-hybridized carbons (Fsp3) is 0.600. The molecule has 0 aromatic heterocycles. The van der Waals surface area contributed by atoms with E-state index in [-0.39, 0.29) is 6.04 Å². The molecule has 1 aromatic rings. The van der Waals surface area contributed by atoms with Crippen molar-refractivity contribution in [3.63, 3.8) is 0 Å². The number of hydrogen-bond donors (Lipinski definition) is 0. The molecule has 0 N–H and O–H groups in total. The summed E-state index contributed by atoms with van der Waals surface area (Å²) in [6.07, 6.45) is 2.02.